The molecule has 0 radical (unpaired) electrons. The van der Waals surface area contributed by atoms with E-state index in [-0.39, 0.29) is 11.8 Å². The van der Waals surface area contributed by atoms with Crippen molar-refractivity contribution in [1.82, 2.24) is 15.0 Å². The summed E-state index contributed by atoms with van der Waals surface area (Å²) in [5, 5.41) is 4.10. The Labute approximate surface area is 182 Å². The molecule has 1 fully saturated rings. The van der Waals surface area contributed by atoms with Crippen LogP contribution in [0.25, 0.3) is 0 Å². The van der Waals surface area contributed by atoms with Gasteiger partial charge in [-0.15, -0.1) is 0 Å². The van der Waals surface area contributed by atoms with Crippen molar-refractivity contribution < 1.29 is 18.8 Å². The summed E-state index contributed by atoms with van der Waals surface area (Å²) in [6.07, 6.45) is 2.65. The molecule has 0 aliphatic carbocycles. The normalized spacial score (nSPS) is 13.7. The van der Waals surface area contributed by atoms with E-state index in [4.69, 9.17) is 14.0 Å². The average molecular weight is 421 g/mol. The first-order valence-corrected chi connectivity index (χ1v) is 10.6. The SMILES string of the molecule is CCCCOc1ccc(C(=O)N2CC(c3nc(Cc4ccccc4OC)no3)C2)cc1. The maximum atomic E-state index is 12.7. The van der Waals surface area contributed by atoms with E-state index in [1.54, 1.807) is 12.0 Å². The molecule has 2 aromatic carbocycles. The summed E-state index contributed by atoms with van der Waals surface area (Å²) in [7, 11) is 1.65. The van der Waals surface area contributed by atoms with Gasteiger partial charge >= 0.3 is 0 Å². The number of benzene rings is 2. The van der Waals surface area contributed by atoms with E-state index in [2.05, 4.69) is 17.1 Å². The number of likely N-dealkylation sites (tertiary alicyclic amines) is 1. The number of aromatic nitrogens is 2. The van der Waals surface area contributed by atoms with Crippen molar-refractivity contribution in [2.45, 2.75) is 32.1 Å². The Bertz CT molecular complexity index is 1010. The number of amides is 1. The molecule has 0 spiro atoms. The average Bonchev–Trinajstić information content (AvgIpc) is 3.21. The molecule has 7 nitrogen and oxygen atoms in total. The van der Waals surface area contributed by atoms with Crippen LogP contribution < -0.4 is 9.47 Å². The van der Waals surface area contributed by atoms with Gasteiger partial charge in [-0.05, 0) is 36.8 Å². The first-order chi connectivity index (χ1) is 15.2. The Kier molecular flexibility index (Phi) is 6.50. The van der Waals surface area contributed by atoms with Crippen LogP contribution >= 0.6 is 0 Å². The fourth-order valence-corrected chi connectivity index (χ4v) is 3.54. The van der Waals surface area contributed by atoms with Gasteiger partial charge in [0, 0.05) is 30.6 Å². The van der Waals surface area contributed by atoms with E-state index in [9.17, 15) is 4.79 Å². The predicted octanol–water partition coefficient (Wildman–Crippen LogP) is 4.09. The maximum absolute atomic E-state index is 12.7. The minimum absolute atomic E-state index is 0.00474. The molecule has 0 bridgehead atoms. The molecule has 0 N–H and O–H groups in total. The Morgan fingerprint density at radius 1 is 1.16 bits per heavy atom. The van der Waals surface area contributed by atoms with Crippen LogP contribution in [0.3, 0.4) is 0 Å². The first kappa shape index (κ1) is 20.9. The molecule has 3 aromatic rings. The quantitative estimate of drug-likeness (QED) is 0.485. The molecule has 2 heterocycles. The molecule has 0 unspecified atom stereocenters. The third-order valence-corrected chi connectivity index (χ3v) is 5.41. The van der Waals surface area contributed by atoms with Crippen molar-refractivity contribution in [1.29, 1.82) is 0 Å². The van der Waals surface area contributed by atoms with Crippen LogP contribution in [0, 0.1) is 0 Å². The van der Waals surface area contributed by atoms with Crippen LogP contribution in [0.2, 0.25) is 0 Å². The molecule has 4 rings (SSSR count). The standard InChI is InChI=1S/C24H27N3O4/c1-3-4-13-30-20-11-9-17(10-12-20)24(28)27-15-19(16-27)23-25-22(26-31-23)14-18-7-5-6-8-21(18)29-2/h5-12,19H,3-4,13-16H2,1-2H3. The third kappa shape index (κ3) is 4.87. The fourth-order valence-electron chi connectivity index (χ4n) is 3.54. The molecule has 1 aromatic heterocycles. The predicted molar refractivity (Wildman–Crippen MR) is 116 cm³/mol. The van der Waals surface area contributed by atoms with Crippen LogP contribution in [0.15, 0.2) is 53.1 Å². The van der Waals surface area contributed by atoms with Gasteiger partial charge in [0.05, 0.1) is 19.6 Å². The van der Waals surface area contributed by atoms with Crippen LogP contribution in [-0.4, -0.2) is 47.8 Å². The van der Waals surface area contributed by atoms with Crippen molar-refractivity contribution in [3.8, 4) is 11.5 Å². The number of hydrogen-bond donors (Lipinski definition) is 0. The molecule has 1 aliphatic rings. The van der Waals surface area contributed by atoms with Gasteiger partial charge in [0.1, 0.15) is 11.5 Å². The van der Waals surface area contributed by atoms with Gasteiger partial charge < -0.3 is 18.9 Å². The van der Waals surface area contributed by atoms with Crippen LogP contribution in [0.5, 0.6) is 11.5 Å². The number of ether oxygens (including phenoxy) is 2. The summed E-state index contributed by atoms with van der Waals surface area (Å²) in [5.74, 6) is 2.86. The lowest BCUT2D eigenvalue weighted by atomic mass is 9.98. The zero-order valence-corrected chi connectivity index (χ0v) is 17.9. The number of unbranched alkanes of at least 4 members (excludes halogenated alkanes) is 1. The van der Waals surface area contributed by atoms with Crippen LogP contribution in [0.4, 0.5) is 0 Å². The number of hydrogen-bond acceptors (Lipinski definition) is 6. The lowest BCUT2D eigenvalue weighted by Gasteiger charge is -2.37. The summed E-state index contributed by atoms with van der Waals surface area (Å²) in [4.78, 5) is 19.0. The molecular weight excluding hydrogens is 394 g/mol. The number of carbonyl (C=O) groups is 1. The number of carbonyl (C=O) groups excluding carboxylic acids is 1. The highest BCUT2D eigenvalue weighted by Gasteiger charge is 2.36. The van der Waals surface area contributed by atoms with Gasteiger partial charge in [0.15, 0.2) is 5.82 Å². The number of methoxy groups -OCH3 is 1. The van der Waals surface area contributed by atoms with Crippen LogP contribution in [-0.2, 0) is 6.42 Å². The summed E-state index contributed by atoms with van der Waals surface area (Å²) in [6.45, 7) is 3.97. The molecular formula is C24H27N3O4. The Morgan fingerprint density at radius 2 is 1.94 bits per heavy atom. The van der Waals surface area contributed by atoms with Gasteiger partial charge in [-0.25, -0.2) is 0 Å². The molecule has 1 aliphatic heterocycles. The molecule has 1 amide bonds. The molecule has 0 saturated carbocycles. The second-order valence-electron chi connectivity index (χ2n) is 7.67. The fraction of sp³-hybridized carbons (Fsp3) is 0.375. The second kappa shape index (κ2) is 9.64. The van der Waals surface area contributed by atoms with E-state index in [0.29, 0.717) is 43.4 Å². The molecule has 162 valence electrons. The van der Waals surface area contributed by atoms with E-state index in [1.165, 1.54) is 0 Å². The van der Waals surface area contributed by atoms with E-state index >= 15 is 0 Å². The highest BCUT2D eigenvalue weighted by atomic mass is 16.5. The first-order valence-electron chi connectivity index (χ1n) is 10.6. The molecule has 0 atom stereocenters. The highest BCUT2D eigenvalue weighted by Crippen LogP contribution is 2.28. The van der Waals surface area contributed by atoms with Gasteiger partial charge in [0.25, 0.3) is 5.91 Å². The van der Waals surface area contributed by atoms with Crippen LogP contribution in [0.1, 0.15) is 53.3 Å². The van der Waals surface area contributed by atoms with E-state index in [0.717, 1.165) is 29.9 Å². The second-order valence-corrected chi connectivity index (χ2v) is 7.67. The van der Waals surface area contributed by atoms with E-state index in [1.807, 2.05) is 48.5 Å². The van der Waals surface area contributed by atoms with Gasteiger partial charge in [-0.1, -0.05) is 36.7 Å². The zero-order chi connectivity index (χ0) is 21.6. The number of nitrogens with zero attached hydrogens (tertiary/aromatic N) is 3. The lowest BCUT2D eigenvalue weighted by molar-refractivity contribution is 0.0569. The number of rotatable bonds is 9. The van der Waals surface area contributed by atoms with E-state index < -0.39 is 0 Å². The monoisotopic (exact) mass is 421 g/mol. The zero-order valence-electron chi connectivity index (χ0n) is 17.9. The van der Waals surface area contributed by atoms with Gasteiger partial charge in [0.2, 0.25) is 5.89 Å². The van der Waals surface area contributed by atoms with Crippen molar-refractivity contribution in [3.05, 3.63) is 71.4 Å². The van der Waals surface area contributed by atoms with Crippen molar-refractivity contribution in [2.24, 2.45) is 0 Å². The Morgan fingerprint density at radius 3 is 2.68 bits per heavy atom. The Hall–Kier alpha value is -3.35. The van der Waals surface area contributed by atoms with Crippen molar-refractivity contribution in [2.75, 3.05) is 26.8 Å². The summed E-state index contributed by atoms with van der Waals surface area (Å²) in [6, 6.07) is 15.1. The summed E-state index contributed by atoms with van der Waals surface area (Å²) >= 11 is 0. The lowest BCUT2D eigenvalue weighted by Crippen LogP contribution is -2.48. The van der Waals surface area contributed by atoms with Gasteiger partial charge in [-0.2, -0.15) is 4.98 Å². The minimum Gasteiger partial charge on any atom is -0.496 e. The Balaban J connectivity index is 1.30. The van der Waals surface area contributed by atoms with Gasteiger partial charge in [-0.3, -0.25) is 4.79 Å². The maximum Gasteiger partial charge on any atom is 0.253 e. The molecule has 1 saturated heterocycles. The largest absolute Gasteiger partial charge is 0.496 e. The summed E-state index contributed by atoms with van der Waals surface area (Å²) in [5.41, 5.74) is 1.66. The summed E-state index contributed by atoms with van der Waals surface area (Å²) < 4.78 is 16.5. The highest BCUT2D eigenvalue weighted by molar-refractivity contribution is 5.95. The minimum atomic E-state index is 0.00474. The van der Waals surface area contributed by atoms with Crippen molar-refractivity contribution in [3.63, 3.8) is 0 Å². The number of para-hydroxylation sites is 1. The van der Waals surface area contributed by atoms with Crippen molar-refractivity contribution >= 4 is 5.91 Å². The third-order valence-electron chi connectivity index (χ3n) is 5.41. The molecule has 31 heavy (non-hydrogen) atoms. The smallest absolute Gasteiger partial charge is 0.253 e. The molecule has 7 heteroatoms. The topological polar surface area (TPSA) is 77.7 Å².